The molecule has 4 aliphatic rings. The summed E-state index contributed by atoms with van der Waals surface area (Å²) in [4.78, 5) is 0. The van der Waals surface area contributed by atoms with E-state index in [4.69, 9.17) is 9.47 Å². The van der Waals surface area contributed by atoms with Crippen molar-refractivity contribution in [3.63, 3.8) is 0 Å². The SMILES string of the molecule is C=C.C=C.COc1ccc2c3c1CC1CCCC1Cc1c(OC)ccc4c1C3(CC2)CC4.[CH3-].[CH3-].[CH3-].[Rh+3]. The molecule has 2 unspecified atom stereocenters. The molecule has 2 atom stereocenters. The third kappa shape index (κ3) is 5.11. The smallest absolute Gasteiger partial charge is 0.496 e. The molecule has 0 bridgehead atoms. The van der Waals surface area contributed by atoms with Crippen molar-refractivity contribution in [2.24, 2.45) is 11.8 Å². The first-order valence-electron chi connectivity index (χ1n) is 12.1. The maximum absolute atomic E-state index is 5.94. The summed E-state index contributed by atoms with van der Waals surface area (Å²) < 4.78 is 11.9. The van der Waals surface area contributed by atoms with Crippen molar-refractivity contribution in [3.05, 3.63) is 106 Å². The Morgan fingerprint density at radius 1 is 0.694 bits per heavy atom. The Hall–Kier alpha value is -1.86. The van der Waals surface area contributed by atoms with Gasteiger partial charge in [-0.2, -0.15) is 0 Å². The van der Waals surface area contributed by atoms with Crippen LogP contribution in [0.25, 0.3) is 0 Å². The summed E-state index contributed by atoms with van der Waals surface area (Å²) in [6.45, 7) is 12.0. The zero-order chi connectivity index (χ0) is 22.9. The first kappa shape index (κ1) is 34.1. The molecule has 0 amide bonds. The molecular weight excluding hydrogens is 531 g/mol. The van der Waals surface area contributed by atoms with Crippen LogP contribution in [0.4, 0.5) is 0 Å². The summed E-state index contributed by atoms with van der Waals surface area (Å²) >= 11 is 0. The fourth-order valence-electron chi connectivity index (χ4n) is 7.37. The third-order valence-electron chi connectivity index (χ3n) is 8.50. The Labute approximate surface area is 235 Å². The summed E-state index contributed by atoms with van der Waals surface area (Å²) in [6.07, 6.45) is 11.4. The minimum atomic E-state index is 0. The Kier molecular flexibility index (Phi) is 13.4. The number of methoxy groups -OCH3 is 2. The average molecular weight is 579 g/mol. The molecule has 0 radical (unpaired) electrons. The van der Waals surface area contributed by atoms with Crippen molar-refractivity contribution in [1.29, 1.82) is 0 Å². The largest absolute Gasteiger partial charge is 3.00 e. The minimum absolute atomic E-state index is 0. The van der Waals surface area contributed by atoms with Gasteiger partial charge in [0.05, 0.1) is 14.2 Å². The molecule has 1 fully saturated rings. The van der Waals surface area contributed by atoms with Gasteiger partial charge in [-0.3, -0.25) is 0 Å². The standard InChI is InChI=1S/C26H30O2.2C2H4.3CH3.Rh/c1-27-22-8-6-16-10-12-26-13-11-17-7-9-23(28-2)21(25(17)26)15-19-5-3-4-18(19)14-20(22)24(16)26;2*1-2;;;;/h6-9,18-19H,3-5,10-15H2,1-2H3;2*1-2H2;3*1H3;/q;;;3*-1;+3. The molecule has 2 aromatic rings. The van der Waals surface area contributed by atoms with Crippen LogP contribution in [0.3, 0.4) is 0 Å². The second kappa shape index (κ2) is 14.2. The number of hydrogen-bond donors (Lipinski definition) is 0. The van der Waals surface area contributed by atoms with Gasteiger partial charge in [-0.1, -0.05) is 18.6 Å². The number of ether oxygens (including phenoxy) is 2. The van der Waals surface area contributed by atoms with Gasteiger partial charge >= 0.3 is 19.5 Å². The molecule has 1 saturated carbocycles. The van der Waals surface area contributed by atoms with Gasteiger partial charge in [0.2, 0.25) is 0 Å². The molecule has 4 aliphatic carbocycles. The number of rotatable bonds is 2. The van der Waals surface area contributed by atoms with Gasteiger partial charge < -0.3 is 31.8 Å². The van der Waals surface area contributed by atoms with Gasteiger partial charge in [-0.25, -0.2) is 0 Å². The first-order valence-corrected chi connectivity index (χ1v) is 12.1. The summed E-state index contributed by atoms with van der Waals surface area (Å²) in [5.41, 5.74) is 9.72. The second-order valence-electron chi connectivity index (χ2n) is 9.50. The quantitative estimate of drug-likeness (QED) is 0.203. The van der Waals surface area contributed by atoms with Crippen LogP contribution in [0.2, 0.25) is 0 Å². The van der Waals surface area contributed by atoms with Crippen molar-refractivity contribution >= 4 is 0 Å². The molecule has 2 nitrogen and oxygen atoms in total. The van der Waals surface area contributed by atoms with Crippen molar-refractivity contribution < 1.29 is 29.0 Å². The van der Waals surface area contributed by atoms with Gasteiger partial charge in [-0.05, 0) is 109 Å². The Balaban J connectivity index is 0.00000146. The number of fused-ring (bicyclic) bond motifs is 1. The first-order chi connectivity index (χ1) is 15.7. The molecule has 2 aromatic carbocycles. The summed E-state index contributed by atoms with van der Waals surface area (Å²) in [5.74, 6) is 3.81. The van der Waals surface area contributed by atoms with E-state index in [2.05, 4.69) is 50.6 Å². The van der Waals surface area contributed by atoms with E-state index in [-0.39, 0.29) is 47.2 Å². The molecule has 0 aromatic heterocycles. The van der Waals surface area contributed by atoms with Crippen molar-refractivity contribution in [2.75, 3.05) is 14.2 Å². The number of hydrogen-bond acceptors (Lipinski definition) is 2. The van der Waals surface area contributed by atoms with E-state index in [0.717, 1.165) is 23.3 Å². The van der Waals surface area contributed by atoms with Gasteiger partial charge in [0.15, 0.2) is 0 Å². The minimum Gasteiger partial charge on any atom is -0.496 e. The van der Waals surface area contributed by atoms with Gasteiger partial charge in [0.1, 0.15) is 11.5 Å². The zero-order valence-electron chi connectivity index (χ0n) is 23.3. The number of benzene rings is 2. The van der Waals surface area contributed by atoms with Crippen LogP contribution in [0.15, 0.2) is 50.6 Å². The molecule has 0 saturated heterocycles. The molecule has 1 spiro atoms. The molecule has 3 heteroatoms. The van der Waals surface area contributed by atoms with Crippen LogP contribution < -0.4 is 9.47 Å². The van der Waals surface area contributed by atoms with E-state index in [9.17, 15) is 0 Å². The fourth-order valence-corrected chi connectivity index (χ4v) is 7.37. The summed E-state index contributed by atoms with van der Waals surface area (Å²) in [5, 5.41) is 0. The van der Waals surface area contributed by atoms with E-state index in [1.54, 1.807) is 22.3 Å². The van der Waals surface area contributed by atoms with E-state index >= 15 is 0 Å². The van der Waals surface area contributed by atoms with Crippen molar-refractivity contribution in [2.45, 2.75) is 63.2 Å². The molecule has 0 aliphatic heterocycles. The maximum atomic E-state index is 5.94. The van der Waals surface area contributed by atoms with Crippen LogP contribution in [0.1, 0.15) is 65.5 Å². The molecular formula is C33H47O2Rh. The number of aryl methyl sites for hydroxylation is 2. The van der Waals surface area contributed by atoms with E-state index in [1.807, 2.05) is 14.2 Å². The molecule has 0 N–H and O–H groups in total. The van der Waals surface area contributed by atoms with Crippen molar-refractivity contribution in [1.82, 2.24) is 0 Å². The summed E-state index contributed by atoms with van der Waals surface area (Å²) in [6, 6.07) is 9.21. The molecule has 0 heterocycles. The monoisotopic (exact) mass is 578 g/mol. The molecule has 36 heavy (non-hydrogen) atoms. The molecule has 6 rings (SSSR count). The topological polar surface area (TPSA) is 18.5 Å². The average Bonchev–Trinajstić information content (AvgIpc) is 3.56. The third-order valence-corrected chi connectivity index (χ3v) is 8.50. The van der Waals surface area contributed by atoms with Gasteiger partial charge in [0.25, 0.3) is 0 Å². The van der Waals surface area contributed by atoms with Crippen LogP contribution in [0, 0.1) is 34.1 Å². The van der Waals surface area contributed by atoms with Crippen LogP contribution in [-0.2, 0) is 50.6 Å². The van der Waals surface area contributed by atoms with E-state index in [1.165, 1.54) is 68.9 Å². The normalized spacial score (nSPS) is 23.1. The van der Waals surface area contributed by atoms with Gasteiger partial charge in [0, 0.05) is 5.41 Å². The zero-order valence-corrected chi connectivity index (χ0v) is 24.9. The Bertz CT molecular complexity index is 916. The predicted molar refractivity (Wildman–Crippen MR) is 153 cm³/mol. The van der Waals surface area contributed by atoms with Crippen LogP contribution in [-0.4, -0.2) is 14.2 Å². The maximum Gasteiger partial charge on any atom is 3.00 e. The Morgan fingerprint density at radius 3 is 1.44 bits per heavy atom. The fraction of sp³-hybridized carbons (Fsp3) is 0.424. The van der Waals surface area contributed by atoms with Crippen LogP contribution >= 0.6 is 0 Å². The second-order valence-corrected chi connectivity index (χ2v) is 9.50. The predicted octanol–water partition coefficient (Wildman–Crippen LogP) is 8.35. The molecule has 200 valence electrons. The van der Waals surface area contributed by atoms with Crippen molar-refractivity contribution in [3.8, 4) is 11.5 Å². The van der Waals surface area contributed by atoms with E-state index in [0.29, 0.717) is 0 Å². The summed E-state index contributed by atoms with van der Waals surface area (Å²) in [7, 11) is 3.71. The van der Waals surface area contributed by atoms with E-state index < -0.39 is 0 Å². The van der Waals surface area contributed by atoms with Crippen LogP contribution in [0.5, 0.6) is 11.5 Å². The van der Waals surface area contributed by atoms with Gasteiger partial charge in [-0.15, -0.1) is 26.3 Å². The Morgan fingerprint density at radius 2 is 1.08 bits per heavy atom.